The maximum Gasteiger partial charge on any atom is 0.312 e. The predicted molar refractivity (Wildman–Crippen MR) is 129 cm³/mol. The lowest BCUT2D eigenvalue weighted by Gasteiger charge is -2.13. The first-order chi connectivity index (χ1) is 17.2. The van der Waals surface area contributed by atoms with Gasteiger partial charge < -0.3 is 14.9 Å². The molecule has 3 rings (SSSR count). The third kappa shape index (κ3) is 6.84. The molecule has 2 aromatic rings. The largest absolute Gasteiger partial charge is 0.493 e. The van der Waals surface area contributed by atoms with E-state index in [0.717, 1.165) is 5.56 Å². The summed E-state index contributed by atoms with van der Waals surface area (Å²) >= 11 is 0. The maximum absolute atomic E-state index is 12.7. The zero-order chi connectivity index (χ0) is 26.2. The van der Waals surface area contributed by atoms with Crippen molar-refractivity contribution in [2.75, 3.05) is 6.61 Å². The van der Waals surface area contributed by atoms with Crippen molar-refractivity contribution in [3.05, 3.63) is 71.3 Å². The number of carboxylic acid groups (broad SMARTS) is 2. The van der Waals surface area contributed by atoms with E-state index in [2.05, 4.69) is 4.99 Å². The van der Waals surface area contributed by atoms with Crippen molar-refractivity contribution in [2.24, 2.45) is 16.8 Å². The Morgan fingerprint density at radius 1 is 1.03 bits per heavy atom. The number of carbonyl (C=O) groups excluding carboxylic acids is 3. The van der Waals surface area contributed by atoms with Crippen molar-refractivity contribution in [1.82, 2.24) is 0 Å². The van der Waals surface area contributed by atoms with E-state index in [4.69, 9.17) is 9.84 Å². The van der Waals surface area contributed by atoms with Gasteiger partial charge in [-0.3, -0.25) is 24.2 Å². The van der Waals surface area contributed by atoms with Gasteiger partial charge in [-0.2, -0.15) is 0 Å². The highest BCUT2D eigenvalue weighted by Gasteiger charge is 2.45. The van der Waals surface area contributed by atoms with Crippen LogP contribution in [0.2, 0.25) is 0 Å². The quantitative estimate of drug-likeness (QED) is 0.303. The lowest BCUT2D eigenvalue weighted by Crippen LogP contribution is -2.31. The molecule has 1 aliphatic heterocycles. The number of nitrogens with zero attached hydrogens (tertiary/aromatic N) is 1. The molecule has 1 heterocycles. The highest BCUT2D eigenvalue weighted by atomic mass is 16.5. The first kappa shape index (κ1) is 26.2. The van der Waals surface area contributed by atoms with Crippen LogP contribution < -0.4 is 4.74 Å². The van der Waals surface area contributed by atoms with Crippen LogP contribution in [0.5, 0.6) is 5.75 Å². The van der Waals surface area contributed by atoms with E-state index >= 15 is 0 Å². The van der Waals surface area contributed by atoms with Gasteiger partial charge in [-0.25, -0.2) is 4.79 Å². The summed E-state index contributed by atoms with van der Waals surface area (Å²) in [5.74, 6) is -2.81. The Kier molecular flexibility index (Phi) is 8.65. The Balaban J connectivity index is 1.51. The second-order valence-corrected chi connectivity index (χ2v) is 8.47. The molecule has 0 saturated carbocycles. The highest BCUT2D eigenvalue weighted by molar-refractivity contribution is 6.24. The summed E-state index contributed by atoms with van der Waals surface area (Å²) in [5, 5.41) is 18.1. The van der Waals surface area contributed by atoms with Crippen LogP contribution in [-0.2, 0) is 25.6 Å². The smallest absolute Gasteiger partial charge is 0.312 e. The molecule has 0 amide bonds. The van der Waals surface area contributed by atoms with Crippen LogP contribution in [0.15, 0.2) is 59.6 Å². The number of aryl methyl sites for hydroxylation is 1. The Labute approximate surface area is 207 Å². The predicted octanol–water partition coefficient (Wildman–Crippen LogP) is 2.82. The van der Waals surface area contributed by atoms with E-state index in [-0.39, 0.29) is 23.9 Å². The molecule has 0 radical (unpaired) electrons. The number of aliphatic carboxylic acids is 2. The van der Waals surface area contributed by atoms with Crippen LogP contribution in [-0.4, -0.2) is 58.0 Å². The molecular weight excluding hydrogens is 466 g/mol. The van der Waals surface area contributed by atoms with Crippen LogP contribution in [0.1, 0.15) is 41.3 Å². The van der Waals surface area contributed by atoms with Crippen LogP contribution in [0.25, 0.3) is 0 Å². The molecular formula is C27H25NO8. The average Bonchev–Trinajstić information content (AvgIpc) is 3.66. The van der Waals surface area contributed by atoms with Gasteiger partial charge in [-0.15, -0.1) is 0 Å². The fraction of sp³-hybridized carbons (Fsp3) is 0.296. The minimum Gasteiger partial charge on any atom is -0.493 e. The monoisotopic (exact) mass is 491 g/mol. The average molecular weight is 491 g/mol. The fourth-order valence-corrected chi connectivity index (χ4v) is 3.66. The first-order valence-corrected chi connectivity index (χ1v) is 11.3. The molecule has 3 unspecified atom stereocenters. The molecule has 0 spiro atoms. The normalized spacial score (nSPS) is 15.6. The molecule has 1 aliphatic rings. The third-order valence-electron chi connectivity index (χ3n) is 5.77. The van der Waals surface area contributed by atoms with E-state index < -0.39 is 36.2 Å². The van der Waals surface area contributed by atoms with E-state index in [1.165, 1.54) is 6.08 Å². The van der Waals surface area contributed by atoms with E-state index in [1.807, 2.05) is 12.1 Å². The zero-order valence-electron chi connectivity index (χ0n) is 19.5. The molecule has 0 bridgehead atoms. The van der Waals surface area contributed by atoms with Gasteiger partial charge >= 0.3 is 11.9 Å². The number of carboxylic acids is 2. The van der Waals surface area contributed by atoms with Gasteiger partial charge in [-0.05, 0) is 42.7 Å². The summed E-state index contributed by atoms with van der Waals surface area (Å²) in [6.07, 6.45) is 2.07. The summed E-state index contributed by atoms with van der Waals surface area (Å²) in [4.78, 5) is 61.6. The number of hydrogen-bond acceptors (Lipinski definition) is 7. The lowest BCUT2D eigenvalue weighted by atomic mass is 9.94. The number of allylic oxidation sites excluding steroid dienone is 1. The standard InChI is InChI=1S/C27H25NO8/c1-16(25(32)24-23(28-24)21(27(34)35)14-22(30)31)15-36-20-11-9-19(10-12-20)26(33)18-7-5-17(6-8-18)4-2-3-13-29/h3,5-12,16,21,24H,2,4,14-15H2,1H3,(H,30,31)(H,34,35). The highest BCUT2D eigenvalue weighted by Crippen LogP contribution is 2.26. The van der Waals surface area contributed by atoms with E-state index in [9.17, 15) is 29.1 Å². The Morgan fingerprint density at radius 3 is 2.19 bits per heavy atom. The number of benzene rings is 2. The van der Waals surface area contributed by atoms with Gasteiger partial charge in [0.2, 0.25) is 0 Å². The summed E-state index contributed by atoms with van der Waals surface area (Å²) in [6, 6.07) is 12.7. The molecule has 0 saturated heterocycles. The van der Waals surface area contributed by atoms with Crippen LogP contribution in [0.4, 0.5) is 0 Å². The van der Waals surface area contributed by atoms with Crippen molar-refractivity contribution in [2.45, 2.75) is 32.2 Å². The fourth-order valence-electron chi connectivity index (χ4n) is 3.66. The second kappa shape index (κ2) is 11.9. The SMILES string of the molecule is CC(COc1ccc(C(=O)c2ccc(CCC=C=O)cc2)cc1)C(=O)C1N=C1C(CC(=O)O)C(=O)O. The second-order valence-electron chi connectivity index (χ2n) is 8.47. The molecule has 9 heteroatoms. The number of aliphatic imine (C=N–C) groups is 1. The van der Waals surface area contributed by atoms with Gasteiger partial charge in [0.1, 0.15) is 23.7 Å². The lowest BCUT2D eigenvalue weighted by molar-refractivity contribution is -0.145. The molecule has 0 fully saturated rings. The van der Waals surface area contributed by atoms with Crippen LogP contribution in [0, 0.1) is 11.8 Å². The van der Waals surface area contributed by atoms with Gasteiger partial charge in [0.25, 0.3) is 0 Å². The van der Waals surface area contributed by atoms with Crippen molar-refractivity contribution in [1.29, 1.82) is 0 Å². The van der Waals surface area contributed by atoms with Crippen molar-refractivity contribution in [3.63, 3.8) is 0 Å². The minimum atomic E-state index is -1.33. The first-order valence-electron chi connectivity index (χ1n) is 11.3. The molecule has 0 aromatic heterocycles. The van der Waals surface area contributed by atoms with Crippen molar-refractivity contribution >= 4 is 35.2 Å². The minimum absolute atomic E-state index is 0.0167. The zero-order valence-corrected chi connectivity index (χ0v) is 19.5. The summed E-state index contributed by atoms with van der Waals surface area (Å²) in [6.45, 7) is 1.64. The Bertz CT molecular complexity index is 1220. The summed E-state index contributed by atoms with van der Waals surface area (Å²) in [7, 11) is 0. The van der Waals surface area contributed by atoms with Gasteiger partial charge in [0, 0.05) is 17.2 Å². The van der Waals surface area contributed by atoms with Crippen molar-refractivity contribution in [3.8, 4) is 5.75 Å². The number of Topliss-reactive ketones (excluding diaryl/α,β-unsaturated/α-hetero) is 1. The van der Waals surface area contributed by atoms with Crippen LogP contribution >= 0.6 is 0 Å². The topological polar surface area (TPSA) is 147 Å². The molecule has 186 valence electrons. The molecule has 36 heavy (non-hydrogen) atoms. The van der Waals surface area contributed by atoms with E-state index in [0.29, 0.717) is 29.7 Å². The maximum atomic E-state index is 12.7. The summed E-state index contributed by atoms with van der Waals surface area (Å²) in [5.41, 5.74) is 2.09. The van der Waals surface area contributed by atoms with Gasteiger partial charge in [0.05, 0.1) is 24.7 Å². The van der Waals surface area contributed by atoms with Crippen LogP contribution in [0.3, 0.4) is 0 Å². The number of ether oxygens (including phenoxy) is 1. The Morgan fingerprint density at radius 2 is 1.64 bits per heavy atom. The molecule has 9 nitrogen and oxygen atoms in total. The molecule has 2 aromatic carbocycles. The summed E-state index contributed by atoms with van der Waals surface area (Å²) < 4.78 is 5.65. The number of carbonyl (C=O) groups is 4. The number of ketones is 2. The van der Waals surface area contributed by atoms with Crippen molar-refractivity contribution < 1.29 is 38.9 Å². The molecule has 3 atom stereocenters. The number of hydrogen-bond donors (Lipinski definition) is 2. The van der Waals surface area contributed by atoms with E-state index in [1.54, 1.807) is 49.3 Å². The molecule has 0 aliphatic carbocycles. The van der Waals surface area contributed by atoms with Gasteiger partial charge in [0.15, 0.2) is 11.6 Å². The Hall–Kier alpha value is -4.36. The molecule has 2 N–H and O–H groups in total. The van der Waals surface area contributed by atoms with Gasteiger partial charge in [-0.1, -0.05) is 31.2 Å². The third-order valence-corrected chi connectivity index (χ3v) is 5.77. The number of rotatable bonds is 14.